The summed E-state index contributed by atoms with van der Waals surface area (Å²) in [6, 6.07) is 20.6. The fraction of sp³-hybridized carbons (Fsp3) is 0.480. The number of nitriles is 1. The summed E-state index contributed by atoms with van der Waals surface area (Å²) < 4.78 is 0. The van der Waals surface area contributed by atoms with E-state index < -0.39 is 0 Å². The molecule has 1 fully saturated rings. The maximum atomic E-state index is 9.74. The average molecular weight is 346 g/mol. The van der Waals surface area contributed by atoms with Crippen molar-refractivity contribution in [2.24, 2.45) is 11.3 Å². The van der Waals surface area contributed by atoms with Crippen LogP contribution >= 0.6 is 0 Å². The molecule has 1 heteroatoms. The second-order valence-electron chi connectivity index (χ2n) is 8.24. The largest absolute Gasteiger partial charge is 0.198 e. The molecule has 0 amide bonds. The topological polar surface area (TPSA) is 23.8 Å². The molecular formula is C25H31N. The van der Waals surface area contributed by atoms with Crippen molar-refractivity contribution in [3.8, 4) is 17.2 Å². The Bertz CT molecular complexity index is 735. The minimum absolute atomic E-state index is 0.0918. The molecular weight excluding hydrogens is 314 g/mol. The molecule has 2 atom stereocenters. The highest BCUT2D eigenvalue weighted by atomic mass is 14.4. The van der Waals surface area contributed by atoms with Gasteiger partial charge in [-0.25, -0.2) is 0 Å². The zero-order chi connectivity index (χ0) is 18.4. The van der Waals surface area contributed by atoms with Crippen LogP contribution in [0.25, 0.3) is 11.1 Å². The van der Waals surface area contributed by atoms with Crippen molar-refractivity contribution in [3.05, 3.63) is 59.7 Å². The van der Waals surface area contributed by atoms with Crippen molar-refractivity contribution in [3.63, 3.8) is 0 Å². The van der Waals surface area contributed by atoms with Gasteiger partial charge in [0.05, 0.1) is 11.5 Å². The first-order chi connectivity index (χ1) is 12.6. The van der Waals surface area contributed by atoms with Crippen molar-refractivity contribution < 1.29 is 0 Å². The van der Waals surface area contributed by atoms with Gasteiger partial charge in [-0.2, -0.15) is 5.26 Å². The van der Waals surface area contributed by atoms with Gasteiger partial charge in [0.25, 0.3) is 0 Å². The Morgan fingerprint density at radius 2 is 1.54 bits per heavy atom. The minimum Gasteiger partial charge on any atom is -0.198 e. The van der Waals surface area contributed by atoms with Gasteiger partial charge in [0.15, 0.2) is 0 Å². The standard InChI is InChI=1S/C25H31N/c1-3-5-21-7-11-23(12-8-21)24-13-9-22(10-14-24)15-17-25(19-26)16-4-6-20(2)18-25/h7-14,20H,3-6,15-18H2,1-2H3. The molecule has 0 aromatic heterocycles. The normalized spacial score (nSPS) is 22.7. The first-order valence-electron chi connectivity index (χ1n) is 10.2. The lowest BCUT2D eigenvalue weighted by Crippen LogP contribution is -2.26. The molecule has 2 aromatic carbocycles. The van der Waals surface area contributed by atoms with Crippen LogP contribution in [0.5, 0.6) is 0 Å². The quantitative estimate of drug-likeness (QED) is 0.555. The van der Waals surface area contributed by atoms with Gasteiger partial charge in [-0.05, 0) is 60.3 Å². The Labute approximate surface area is 159 Å². The molecule has 0 spiro atoms. The predicted octanol–water partition coefficient (Wildman–Crippen LogP) is 6.96. The van der Waals surface area contributed by atoms with Gasteiger partial charge in [-0.3, -0.25) is 0 Å². The van der Waals surface area contributed by atoms with Crippen LogP contribution < -0.4 is 0 Å². The summed E-state index contributed by atoms with van der Waals surface area (Å²) in [6.07, 6.45) is 9.00. The highest BCUT2D eigenvalue weighted by Crippen LogP contribution is 2.42. The van der Waals surface area contributed by atoms with Crippen LogP contribution in [0.1, 0.15) is 63.5 Å². The van der Waals surface area contributed by atoms with Crippen LogP contribution in [0, 0.1) is 22.7 Å². The summed E-state index contributed by atoms with van der Waals surface area (Å²) in [5.74, 6) is 0.696. The molecule has 1 saturated carbocycles. The molecule has 1 aliphatic rings. The van der Waals surface area contributed by atoms with Gasteiger partial charge in [-0.15, -0.1) is 0 Å². The summed E-state index contributed by atoms with van der Waals surface area (Å²) in [7, 11) is 0. The molecule has 136 valence electrons. The van der Waals surface area contributed by atoms with Crippen LogP contribution in [0.2, 0.25) is 0 Å². The number of benzene rings is 2. The van der Waals surface area contributed by atoms with E-state index in [1.165, 1.54) is 41.5 Å². The zero-order valence-corrected chi connectivity index (χ0v) is 16.3. The van der Waals surface area contributed by atoms with Gasteiger partial charge in [0.2, 0.25) is 0 Å². The van der Waals surface area contributed by atoms with Crippen LogP contribution in [-0.4, -0.2) is 0 Å². The van der Waals surface area contributed by atoms with E-state index in [2.05, 4.69) is 68.4 Å². The molecule has 0 aliphatic heterocycles. The summed E-state index contributed by atoms with van der Waals surface area (Å²) in [4.78, 5) is 0. The van der Waals surface area contributed by atoms with Crippen molar-refractivity contribution in [2.75, 3.05) is 0 Å². The number of nitrogens with zero attached hydrogens (tertiary/aromatic N) is 1. The van der Waals surface area contributed by atoms with E-state index in [4.69, 9.17) is 0 Å². The molecule has 0 N–H and O–H groups in total. The number of hydrogen-bond acceptors (Lipinski definition) is 1. The second kappa shape index (κ2) is 8.54. The average Bonchev–Trinajstić information content (AvgIpc) is 2.68. The highest BCUT2D eigenvalue weighted by molar-refractivity contribution is 5.64. The van der Waals surface area contributed by atoms with Crippen LogP contribution in [0.4, 0.5) is 0 Å². The lowest BCUT2D eigenvalue weighted by Gasteiger charge is -2.34. The SMILES string of the molecule is CCCc1ccc(-c2ccc(CCC3(C#N)CCCC(C)C3)cc2)cc1. The fourth-order valence-corrected chi connectivity index (χ4v) is 4.44. The maximum Gasteiger partial charge on any atom is 0.0689 e. The highest BCUT2D eigenvalue weighted by Gasteiger charge is 2.34. The molecule has 0 radical (unpaired) electrons. The summed E-state index contributed by atoms with van der Waals surface area (Å²) in [6.45, 7) is 4.52. The number of aryl methyl sites for hydroxylation is 2. The molecule has 26 heavy (non-hydrogen) atoms. The monoisotopic (exact) mass is 345 g/mol. The Kier molecular flexibility index (Phi) is 6.15. The van der Waals surface area contributed by atoms with Gasteiger partial charge < -0.3 is 0 Å². The van der Waals surface area contributed by atoms with Gasteiger partial charge in [-0.1, -0.05) is 81.6 Å². The van der Waals surface area contributed by atoms with E-state index in [0.29, 0.717) is 5.92 Å². The maximum absolute atomic E-state index is 9.74. The third-order valence-corrected chi connectivity index (χ3v) is 6.00. The molecule has 0 saturated heterocycles. The molecule has 2 unspecified atom stereocenters. The first-order valence-corrected chi connectivity index (χ1v) is 10.2. The summed E-state index contributed by atoms with van der Waals surface area (Å²) >= 11 is 0. The molecule has 0 heterocycles. The third-order valence-electron chi connectivity index (χ3n) is 6.00. The number of hydrogen-bond donors (Lipinski definition) is 0. The summed E-state index contributed by atoms with van der Waals surface area (Å²) in [5, 5.41) is 9.74. The third kappa shape index (κ3) is 4.55. The zero-order valence-electron chi connectivity index (χ0n) is 16.3. The fourth-order valence-electron chi connectivity index (χ4n) is 4.44. The molecule has 0 bridgehead atoms. The number of rotatable bonds is 6. The van der Waals surface area contributed by atoms with Crippen LogP contribution in [0.3, 0.4) is 0 Å². The van der Waals surface area contributed by atoms with E-state index in [0.717, 1.165) is 32.1 Å². The molecule has 2 aromatic rings. The second-order valence-corrected chi connectivity index (χ2v) is 8.24. The van der Waals surface area contributed by atoms with Crippen molar-refractivity contribution in [1.29, 1.82) is 5.26 Å². The molecule has 1 aliphatic carbocycles. The first kappa shape index (κ1) is 18.7. The van der Waals surface area contributed by atoms with Crippen molar-refractivity contribution in [2.45, 2.75) is 65.2 Å². The predicted molar refractivity (Wildman–Crippen MR) is 110 cm³/mol. The smallest absolute Gasteiger partial charge is 0.0689 e. The molecule has 1 nitrogen and oxygen atoms in total. The van der Waals surface area contributed by atoms with Crippen molar-refractivity contribution in [1.82, 2.24) is 0 Å². The lowest BCUT2D eigenvalue weighted by molar-refractivity contribution is 0.197. The van der Waals surface area contributed by atoms with E-state index in [9.17, 15) is 5.26 Å². The van der Waals surface area contributed by atoms with E-state index in [-0.39, 0.29) is 5.41 Å². The Morgan fingerprint density at radius 3 is 2.04 bits per heavy atom. The Hall–Kier alpha value is -2.07. The van der Waals surface area contributed by atoms with Crippen LogP contribution in [-0.2, 0) is 12.8 Å². The van der Waals surface area contributed by atoms with E-state index in [1.54, 1.807) is 0 Å². The minimum atomic E-state index is -0.0918. The Balaban J connectivity index is 1.63. The molecule has 3 rings (SSSR count). The van der Waals surface area contributed by atoms with Gasteiger partial charge >= 0.3 is 0 Å². The van der Waals surface area contributed by atoms with Crippen LogP contribution in [0.15, 0.2) is 48.5 Å². The van der Waals surface area contributed by atoms with Gasteiger partial charge in [0, 0.05) is 0 Å². The van der Waals surface area contributed by atoms with E-state index in [1.807, 2.05) is 0 Å². The summed E-state index contributed by atoms with van der Waals surface area (Å²) in [5.41, 5.74) is 5.23. The lowest BCUT2D eigenvalue weighted by atomic mass is 9.68. The van der Waals surface area contributed by atoms with Gasteiger partial charge in [0.1, 0.15) is 0 Å². The van der Waals surface area contributed by atoms with E-state index >= 15 is 0 Å². The Morgan fingerprint density at radius 1 is 0.962 bits per heavy atom. The van der Waals surface area contributed by atoms with Crippen molar-refractivity contribution >= 4 is 0 Å².